The van der Waals surface area contributed by atoms with Crippen LogP contribution in [-0.4, -0.2) is 40.5 Å². The minimum Gasteiger partial charge on any atom is -0.378 e. The molecule has 0 fully saturated rings. The van der Waals surface area contributed by atoms with Crippen LogP contribution in [0.15, 0.2) is 52.0 Å². The number of nitrogens with one attached hydrogen (secondary N) is 2. The maximum atomic E-state index is 4.43. The molecule has 0 radical (unpaired) electrons. The lowest BCUT2D eigenvalue weighted by atomic mass is 10.2. The molecule has 2 N–H and O–H groups in total. The SMILES string of the molecule is CN(C)c1ccc(/C=N/Nc2nnc3c(n2)[nH]c2ccc(Br)cc23)cc1. The van der Waals surface area contributed by atoms with Gasteiger partial charge in [-0.2, -0.15) is 10.1 Å². The number of nitrogens with zero attached hydrogens (tertiary/aromatic N) is 5. The fourth-order valence-electron chi connectivity index (χ4n) is 2.61. The van der Waals surface area contributed by atoms with Gasteiger partial charge in [0.15, 0.2) is 5.65 Å². The van der Waals surface area contributed by atoms with Crippen LogP contribution in [0.25, 0.3) is 22.1 Å². The molecule has 0 bridgehead atoms. The Hall–Kier alpha value is -3.00. The van der Waals surface area contributed by atoms with Gasteiger partial charge in [-0.1, -0.05) is 28.1 Å². The average Bonchev–Trinajstić information content (AvgIpc) is 2.99. The molecule has 0 saturated heterocycles. The third-order valence-corrected chi connectivity index (χ3v) is 4.46. The highest BCUT2D eigenvalue weighted by Gasteiger charge is 2.09. The lowest BCUT2D eigenvalue weighted by Crippen LogP contribution is -2.08. The Bertz CT molecular complexity index is 1100. The van der Waals surface area contributed by atoms with E-state index in [9.17, 15) is 0 Å². The fourth-order valence-corrected chi connectivity index (χ4v) is 2.97. The zero-order valence-electron chi connectivity index (χ0n) is 14.2. The van der Waals surface area contributed by atoms with Crippen LogP contribution in [0, 0.1) is 0 Å². The molecule has 0 aliphatic rings. The number of fused-ring (bicyclic) bond motifs is 3. The number of H-pyrrole nitrogens is 1. The predicted octanol–water partition coefficient (Wildman–Crippen LogP) is 3.78. The molecule has 26 heavy (non-hydrogen) atoms. The molecule has 2 aromatic carbocycles. The van der Waals surface area contributed by atoms with E-state index in [0.29, 0.717) is 11.6 Å². The van der Waals surface area contributed by atoms with E-state index in [1.807, 2.05) is 61.5 Å². The first kappa shape index (κ1) is 16.5. The quantitative estimate of drug-likeness (QED) is 0.395. The van der Waals surface area contributed by atoms with Gasteiger partial charge >= 0.3 is 0 Å². The van der Waals surface area contributed by atoms with E-state index in [1.165, 1.54) is 0 Å². The third-order valence-electron chi connectivity index (χ3n) is 3.96. The van der Waals surface area contributed by atoms with Crippen molar-refractivity contribution in [2.45, 2.75) is 0 Å². The Kier molecular flexibility index (Phi) is 4.26. The second-order valence-corrected chi connectivity index (χ2v) is 6.92. The van der Waals surface area contributed by atoms with Gasteiger partial charge in [0, 0.05) is 35.2 Å². The van der Waals surface area contributed by atoms with Crippen LogP contribution in [0.2, 0.25) is 0 Å². The van der Waals surface area contributed by atoms with E-state index >= 15 is 0 Å². The van der Waals surface area contributed by atoms with Crippen LogP contribution in [0.5, 0.6) is 0 Å². The van der Waals surface area contributed by atoms with E-state index in [1.54, 1.807) is 6.21 Å². The van der Waals surface area contributed by atoms with Crippen molar-refractivity contribution in [3.8, 4) is 0 Å². The average molecular weight is 410 g/mol. The summed E-state index contributed by atoms with van der Waals surface area (Å²) in [5.74, 6) is 0.337. The zero-order chi connectivity index (χ0) is 18.1. The van der Waals surface area contributed by atoms with Crippen LogP contribution in [-0.2, 0) is 0 Å². The maximum absolute atomic E-state index is 4.43. The summed E-state index contributed by atoms with van der Waals surface area (Å²) in [6, 6.07) is 14.0. The molecule has 0 aliphatic carbocycles. The number of hydrazone groups is 1. The Morgan fingerprint density at radius 3 is 2.69 bits per heavy atom. The molecular weight excluding hydrogens is 394 g/mol. The van der Waals surface area contributed by atoms with Crippen molar-refractivity contribution in [1.82, 2.24) is 20.2 Å². The molecular formula is C18H16BrN7. The van der Waals surface area contributed by atoms with Gasteiger partial charge in [-0.3, -0.25) is 0 Å². The molecule has 7 nitrogen and oxygen atoms in total. The van der Waals surface area contributed by atoms with Gasteiger partial charge in [-0.05, 0) is 35.9 Å². The Morgan fingerprint density at radius 1 is 1.12 bits per heavy atom. The third kappa shape index (κ3) is 3.23. The van der Waals surface area contributed by atoms with Crippen LogP contribution in [0.3, 0.4) is 0 Å². The number of halogens is 1. The highest BCUT2D eigenvalue weighted by Crippen LogP contribution is 2.25. The van der Waals surface area contributed by atoms with E-state index in [-0.39, 0.29) is 0 Å². The summed E-state index contributed by atoms with van der Waals surface area (Å²) in [4.78, 5) is 9.72. The van der Waals surface area contributed by atoms with Gasteiger partial charge in [0.1, 0.15) is 5.52 Å². The number of anilines is 2. The molecule has 2 heterocycles. The minimum absolute atomic E-state index is 0.337. The minimum atomic E-state index is 0.337. The monoisotopic (exact) mass is 409 g/mol. The topological polar surface area (TPSA) is 82.1 Å². The van der Waals surface area contributed by atoms with Gasteiger partial charge in [0.2, 0.25) is 0 Å². The van der Waals surface area contributed by atoms with E-state index in [2.05, 4.69) is 46.6 Å². The second-order valence-electron chi connectivity index (χ2n) is 6.00. The van der Waals surface area contributed by atoms with Gasteiger partial charge in [0.05, 0.1) is 6.21 Å². The summed E-state index contributed by atoms with van der Waals surface area (Å²) in [6.45, 7) is 0. The van der Waals surface area contributed by atoms with Gasteiger partial charge in [-0.15, -0.1) is 10.2 Å². The van der Waals surface area contributed by atoms with Crippen LogP contribution < -0.4 is 10.3 Å². The standard InChI is InChI=1S/C18H16BrN7/c1-26(2)13-6-3-11(4-7-13)10-20-24-18-22-17-16(23-25-18)14-9-12(19)5-8-15(14)21-17/h3-10H,1-2H3,(H2,21,22,24,25)/b20-10+. The van der Waals surface area contributed by atoms with Crippen LogP contribution >= 0.6 is 15.9 Å². The van der Waals surface area contributed by atoms with Crippen molar-refractivity contribution >= 4 is 55.8 Å². The lowest BCUT2D eigenvalue weighted by Gasteiger charge is -2.11. The molecule has 0 atom stereocenters. The number of rotatable bonds is 4. The summed E-state index contributed by atoms with van der Waals surface area (Å²) < 4.78 is 0.986. The van der Waals surface area contributed by atoms with Crippen molar-refractivity contribution < 1.29 is 0 Å². The molecule has 0 amide bonds. The van der Waals surface area contributed by atoms with Crippen molar-refractivity contribution in [2.24, 2.45) is 5.10 Å². The summed E-state index contributed by atoms with van der Waals surface area (Å²) in [6.07, 6.45) is 1.72. The molecule has 0 saturated carbocycles. The molecule has 4 aromatic rings. The van der Waals surface area contributed by atoms with Gasteiger partial charge in [-0.25, -0.2) is 5.43 Å². The normalized spacial score (nSPS) is 11.5. The van der Waals surface area contributed by atoms with Crippen LogP contribution in [0.1, 0.15) is 5.56 Å². The van der Waals surface area contributed by atoms with Crippen molar-refractivity contribution in [2.75, 3.05) is 24.4 Å². The number of aromatic amines is 1. The molecule has 130 valence electrons. The largest absolute Gasteiger partial charge is 0.378 e. The molecule has 4 rings (SSSR count). The summed E-state index contributed by atoms with van der Waals surface area (Å²) in [5, 5.41) is 13.5. The first-order chi connectivity index (χ1) is 12.6. The number of benzene rings is 2. The fraction of sp³-hybridized carbons (Fsp3) is 0.111. The van der Waals surface area contributed by atoms with Gasteiger partial charge < -0.3 is 9.88 Å². The van der Waals surface area contributed by atoms with E-state index in [0.717, 1.165) is 32.1 Å². The number of aromatic nitrogens is 4. The first-order valence-electron chi connectivity index (χ1n) is 7.98. The lowest BCUT2D eigenvalue weighted by molar-refractivity contribution is 1.01. The van der Waals surface area contributed by atoms with E-state index in [4.69, 9.17) is 0 Å². The Balaban J connectivity index is 1.54. The highest BCUT2D eigenvalue weighted by molar-refractivity contribution is 9.10. The van der Waals surface area contributed by atoms with Crippen molar-refractivity contribution in [1.29, 1.82) is 0 Å². The molecule has 0 unspecified atom stereocenters. The summed E-state index contributed by atoms with van der Waals surface area (Å²) in [5.41, 5.74) is 7.30. The van der Waals surface area contributed by atoms with E-state index < -0.39 is 0 Å². The highest BCUT2D eigenvalue weighted by atomic mass is 79.9. The Labute approximate surface area is 158 Å². The molecule has 0 spiro atoms. The predicted molar refractivity (Wildman–Crippen MR) is 109 cm³/mol. The maximum Gasteiger partial charge on any atom is 0.265 e. The molecule has 2 aromatic heterocycles. The number of hydrogen-bond acceptors (Lipinski definition) is 6. The van der Waals surface area contributed by atoms with Gasteiger partial charge in [0.25, 0.3) is 5.95 Å². The zero-order valence-corrected chi connectivity index (χ0v) is 15.8. The second kappa shape index (κ2) is 6.72. The first-order valence-corrected chi connectivity index (χ1v) is 8.77. The van der Waals surface area contributed by atoms with Crippen molar-refractivity contribution in [3.05, 3.63) is 52.5 Å². The Morgan fingerprint density at radius 2 is 1.92 bits per heavy atom. The number of hydrogen-bond donors (Lipinski definition) is 2. The molecule has 0 aliphatic heterocycles. The van der Waals surface area contributed by atoms with Crippen LogP contribution in [0.4, 0.5) is 11.6 Å². The van der Waals surface area contributed by atoms with Crippen molar-refractivity contribution in [3.63, 3.8) is 0 Å². The summed E-state index contributed by atoms with van der Waals surface area (Å²) in [7, 11) is 4.02. The molecule has 8 heteroatoms. The summed E-state index contributed by atoms with van der Waals surface area (Å²) >= 11 is 3.47. The smallest absolute Gasteiger partial charge is 0.265 e.